The zero-order chi connectivity index (χ0) is 20.3. The molecule has 0 bridgehead atoms. The molecule has 3 rings (SSSR count). The lowest BCUT2D eigenvalue weighted by molar-refractivity contribution is 0.0919. The number of rotatable bonds is 5. The molecule has 0 aliphatic carbocycles. The molecule has 3 aromatic rings. The molecule has 0 saturated heterocycles. The SMILES string of the molecule is CCc1ccc(-c2cc(C(=O)NC(C)(C)C)cc(-n3ccnc3CC)n2)cc1. The van der Waals surface area contributed by atoms with Crippen molar-refractivity contribution in [2.24, 2.45) is 0 Å². The van der Waals surface area contributed by atoms with Crippen LogP contribution in [0.5, 0.6) is 0 Å². The van der Waals surface area contributed by atoms with Crippen molar-refractivity contribution in [2.75, 3.05) is 0 Å². The molecule has 5 nitrogen and oxygen atoms in total. The fourth-order valence-corrected chi connectivity index (χ4v) is 3.05. The van der Waals surface area contributed by atoms with Gasteiger partial charge in [0, 0.05) is 35.5 Å². The Morgan fingerprint density at radius 1 is 1.07 bits per heavy atom. The number of carbonyl (C=O) groups is 1. The first kappa shape index (κ1) is 19.8. The number of benzene rings is 1. The van der Waals surface area contributed by atoms with E-state index in [2.05, 4.69) is 48.4 Å². The van der Waals surface area contributed by atoms with Gasteiger partial charge in [0.25, 0.3) is 5.91 Å². The van der Waals surface area contributed by atoms with Gasteiger partial charge in [0.1, 0.15) is 11.6 Å². The van der Waals surface area contributed by atoms with Crippen molar-refractivity contribution in [3.63, 3.8) is 0 Å². The van der Waals surface area contributed by atoms with Crippen molar-refractivity contribution in [1.29, 1.82) is 0 Å². The van der Waals surface area contributed by atoms with E-state index in [-0.39, 0.29) is 11.4 Å². The van der Waals surface area contributed by atoms with Crippen LogP contribution in [-0.2, 0) is 12.8 Å². The molecule has 0 aliphatic heterocycles. The number of aromatic nitrogens is 3. The normalized spacial score (nSPS) is 11.5. The molecule has 1 amide bonds. The lowest BCUT2D eigenvalue weighted by atomic mass is 10.0. The Kier molecular flexibility index (Phi) is 5.63. The maximum Gasteiger partial charge on any atom is 0.251 e. The molecule has 1 aromatic carbocycles. The molecule has 1 N–H and O–H groups in total. The smallest absolute Gasteiger partial charge is 0.251 e. The summed E-state index contributed by atoms with van der Waals surface area (Å²) in [5.74, 6) is 1.50. The number of aryl methyl sites for hydroxylation is 2. The molecule has 2 heterocycles. The zero-order valence-electron chi connectivity index (χ0n) is 17.3. The summed E-state index contributed by atoms with van der Waals surface area (Å²) in [6.45, 7) is 10.1. The van der Waals surface area contributed by atoms with Crippen LogP contribution < -0.4 is 5.32 Å². The van der Waals surface area contributed by atoms with Crippen LogP contribution >= 0.6 is 0 Å². The van der Waals surface area contributed by atoms with Gasteiger partial charge in [-0.3, -0.25) is 9.36 Å². The second kappa shape index (κ2) is 7.97. The molecular formula is C23H28N4O. The first-order valence-electron chi connectivity index (χ1n) is 9.77. The largest absolute Gasteiger partial charge is 0.347 e. The van der Waals surface area contributed by atoms with E-state index >= 15 is 0 Å². The standard InChI is InChI=1S/C23H28N4O/c1-6-16-8-10-17(11-9-16)19-14-18(22(28)26-23(3,4)5)15-21(25-19)27-13-12-24-20(27)7-2/h8-15H,6-7H2,1-5H3,(H,26,28). The summed E-state index contributed by atoms with van der Waals surface area (Å²) >= 11 is 0. The summed E-state index contributed by atoms with van der Waals surface area (Å²) in [6, 6.07) is 12.0. The van der Waals surface area contributed by atoms with Gasteiger partial charge in [0.05, 0.1) is 5.69 Å². The lowest BCUT2D eigenvalue weighted by Crippen LogP contribution is -2.40. The highest BCUT2D eigenvalue weighted by atomic mass is 16.1. The molecule has 0 spiro atoms. The van der Waals surface area contributed by atoms with Gasteiger partial charge in [-0.05, 0) is 44.9 Å². The Hall–Kier alpha value is -2.95. The lowest BCUT2D eigenvalue weighted by Gasteiger charge is -2.21. The third-order valence-corrected chi connectivity index (χ3v) is 4.50. The predicted molar refractivity (Wildman–Crippen MR) is 113 cm³/mol. The third kappa shape index (κ3) is 4.47. The Labute approximate surface area is 166 Å². The first-order valence-corrected chi connectivity index (χ1v) is 9.77. The van der Waals surface area contributed by atoms with Crippen LogP contribution in [0.2, 0.25) is 0 Å². The Morgan fingerprint density at radius 2 is 1.79 bits per heavy atom. The summed E-state index contributed by atoms with van der Waals surface area (Å²) in [7, 11) is 0. The monoisotopic (exact) mass is 376 g/mol. The van der Waals surface area contributed by atoms with Gasteiger partial charge in [0.2, 0.25) is 0 Å². The van der Waals surface area contributed by atoms with Crippen LogP contribution in [-0.4, -0.2) is 26.0 Å². The molecule has 146 valence electrons. The second-order valence-corrected chi connectivity index (χ2v) is 7.92. The number of nitrogens with one attached hydrogen (secondary N) is 1. The van der Waals surface area contributed by atoms with Gasteiger partial charge >= 0.3 is 0 Å². The third-order valence-electron chi connectivity index (χ3n) is 4.50. The highest BCUT2D eigenvalue weighted by molar-refractivity contribution is 5.96. The zero-order valence-corrected chi connectivity index (χ0v) is 17.3. The van der Waals surface area contributed by atoms with Crippen molar-refractivity contribution in [3.8, 4) is 17.1 Å². The van der Waals surface area contributed by atoms with Crippen molar-refractivity contribution >= 4 is 5.91 Å². The average molecular weight is 377 g/mol. The molecule has 0 unspecified atom stereocenters. The summed E-state index contributed by atoms with van der Waals surface area (Å²) in [6.07, 6.45) is 5.42. The molecule has 28 heavy (non-hydrogen) atoms. The first-order chi connectivity index (χ1) is 13.3. The molecule has 0 saturated carbocycles. The predicted octanol–water partition coefficient (Wildman–Crippen LogP) is 4.59. The minimum atomic E-state index is -0.312. The van der Waals surface area contributed by atoms with Crippen molar-refractivity contribution in [3.05, 3.63) is 65.7 Å². The van der Waals surface area contributed by atoms with Gasteiger partial charge < -0.3 is 5.32 Å². The van der Waals surface area contributed by atoms with Crippen LogP contribution in [0.15, 0.2) is 48.8 Å². The number of imidazole rings is 1. The molecule has 0 aliphatic rings. The van der Waals surface area contributed by atoms with Gasteiger partial charge in [-0.2, -0.15) is 0 Å². The minimum absolute atomic E-state index is 0.110. The van der Waals surface area contributed by atoms with E-state index in [0.717, 1.165) is 29.9 Å². The van der Waals surface area contributed by atoms with Crippen molar-refractivity contribution < 1.29 is 4.79 Å². The van der Waals surface area contributed by atoms with Crippen LogP contribution in [0.1, 0.15) is 56.4 Å². The second-order valence-electron chi connectivity index (χ2n) is 7.92. The van der Waals surface area contributed by atoms with Crippen LogP contribution in [0.4, 0.5) is 0 Å². The number of hydrogen-bond acceptors (Lipinski definition) is 3. The molecule has 0 radical (unpaired) electrons. The molecule has 2 aromatic heterocycles. The summed E-state index contributed by atoms with van der Waals surface area (Å²) in [5, 5.41) is 3.04. The Bertz CT molecular complexity index is 965. The van der Waals surface area contributed by atoms with E-state index in [1.807, 2.05) is 43.7 Å². The van der Waals surface area contributed by atoms with E-state index in [4.69, 9.17) is 4.98 Å². The van der Waals surface area contributed by atoms with Crippen LogP contribution in [0.25, 0.3) is 17.1 Å². The Balaban J connectivity index is 2.11. The number of hydrogen-bond donors (Lipinski definition) is 1. The number of nitrogens with zero attached hydrogens (tertiary/aromatic N) is 3. The highest BCUT2D eigenvalue weighted by Gasteiger charge is 2.18. The van der Waals surface area contributed by atoms with E-state index in [9.17, 15) is 4.79 Å². The average Bonchev–Trinajstić information content (AvgIpc) is 3.15. The fraction of sp³-hybridized carbons (Fsp3) is 0.348. The van der Waals surface area contributed by atoms with E-state index in [1.165, 1.54) is 5.56 Å². The van der Waals surface area contributed by atoms with Crippen LogP contribution in [0, 0.1) is 0 Å². The van der Waals surface area contributed by atoms with E-state index in [1.54, 1.807) is 6.20 Å². The molecule has 0 atom stereocenters. The van der Waals surface area contributed by atoms with E-state index in [0.29, 0.717) is 11.4 Å². The van der Waals surface area contributed by atoms with Gasteiger partial charge in [0.15, 0.2) is 0 Å². The maximum atomic E-state index is 12.9. The van der Waals surface area contributed by atoms with Crippen molar-refractivity contribution in [1.82, 2.24) is 19.9 Å². The number of pyridine rings is 1. The van der Waals surface area contributed by atoms with Gasteiger partial charge in [-0.15, -0.1) is 0 Å². The minimum Gasteiger partial charge on any atom is -0.347 e. The van der Waals surface area contributed by atoms with E-state index < -0.39 is 0 Å². The Morgan fingerprint density at radius 3 is 2.39 bits per heavy atom. The highest BCUT2D eigenvalue weighted by Crippen LogP contribution is 2.23. The summed E-state index contributed by atoms with van der Waals surface area (Å²) in [4.78, 5) is 22.1. The summed E-state index contributed by atoms with van der Waals surface area (Å²) in [5.41, 5.74) is 3.31. The molecular weight excluding hydrogens is 348 g/mol. The topological polar surface area (TPSA) is 59.8 Å². The number of carbonyl (C=O) groups excluding carboxylic acids is 1. The quantitative estimate of drug-likeness (QED) is 0.709. The maximum absolute atomic E-state index is 12.9. The van der Waals surface area contributed by atoms with Crippen LogP contribution in [0.3, 0.4) is 0 Å². The number of amides is 1. The molecule has 5 heteroatoms. The molecule has 0 fully saturated rings. The van der Waals surface area contributed by atoms with Gasteiger partial charge in [-0.25, -0.2) is 9.97 Å². The fourth-order valence-electron chi connectivity index (χ4n) is 3.05. The summed E-state index contributed by atoms with van der Waals surface area (Å²) < 4.78 is 1.94. The van der Waals surface area contributed by atoms with Gasteiger partial charge in [-0.1, -0.05) is 38.1 Å². The van der Waals surface area contributed by atoms with Crippen molar-refractivity contribution in [2.45, 2.75) is 53.0 Å².